The fourth-order valence-electron chi connectivity index (χ4n) is 1.78. The van der Waals surface area contributed by atoms with Gasteiger partial charge in [0, 0.05) is 6.04 Å². The number of aromatic hydroxyl groups is 1. The predicted molar refractivity (Wildman–Crippen MR) is 64.2 cm³/mol. The minimum atomic E-state index is 0.346. The van der Waals surface area contributed by atoms with E-state index >= 15 is 0 Å². The van der Waals surface area contributed by atoms with Crippen LogP contribution in [-0.2, 0) is 6.42 Å². The van der Waals surface area contributed by atoms with E-state index in [9.17, 15) is 5.11 Å². The van der Waals surface area contributed by atoms with Gasteiger partial charge in [0.15, 0.2) is 0 Å². The van der Waals surface area contributed by atoms with Crippen LogP contribution in [0.5, 0.6) is 5.75 Å². The molecule has 84 valence electrons. The molecule has 0 spiro atoms. The number of hydrogen-bond acceptors (Lipinski definition) is 2. The molecule has 0 aliphatic heterocycles. The highest BCUT2D eigenvalue weighted by Gasteiger charge is 2.14. The van der Waals surface area contributed by atoms with Gasteiger partial charge in [-0.1, -0.05) is 25.5 Å². The Kier molecular flexibility index (Phi) is 4.15. The standard InChI is InChI=1S/C13H21NO/c1-5-7-12-11(10(2)14(3)4)8-6-9-13(12)15/h6,8-10,15H,5,7H2,1-4H3. The van der Waals surface area contributed by atoms with Crippen molar-refractivity contribution < 1.29 is 5.11 Å². The third kappa shape index (κ3) is 2.72. The number of benzene rings is 1. The Morgan fingerprint density at radius 3 is 2.53 bits per heavy atom. The highest BCUT2D eigenvalue weighted by molar-refractivity contribution is 5.40. The van der Waals surface area contributed by atoms with Crippen molar-refractivity contribution in [3.05, 3.63) is 29.3 Å². The molecule has 0 fully saturated rings. The van der Waals surface area contributed by atoms with Crippen LogP contribution in [0.4, 0.5) is 0 Å². The molecule has 1 rings (SSSR count). The van der Waals surface area contributed by atoms with Crippen LogP contribution < -0.4 is 0 Å². The van der Waals surface area contributed by atoms with Gasteiger partial charge in [0.25, 0.3) is 0 Å². The third-order valence-electron chi connectivity index (χ3n) is 2.91. The molecule has 0 radical (unpaired) electrons. The Hall–Kier alpha value is -1.02. The van der Waals surface area contributed by atoms with Gasteiger partial charge in [-0.25, -0.2) is 0 Å². The molecule has 15 heavy (non-hydrogen) atoms. The molecule has 1 atom stereocenters. The Bertz CT molecular complexity index is 320. The number of nitrogens with zero attached hydrogens (tertiary/aromatic N) is 1. The summed E-state index contributed by atoms with van der Waals surface area (Å²) in [5.74, 6) is 0.433. The lowest BCUT2D eigenvalue weighted by atomic mass is 9.96. The molecule has 0 aromatic heterocycles. The van der Waals surface area contributed by atoms with Gasteiger partial charge in [-0.3, -0.25) is 0 Å². The highest BCUT2D eigenvalue weighted by atomic mass is 16.3. The maximum absolute atomic E-state index is 9.83. The van der Waals surface area contributed by atoms with Gasteiger partial charge < -0.3 is 10.0 Å². The zero-order valence-electron chi connectivity index (χ0n) is 10.1. The maximum Gasteiger partial charge on any atom is 0.119 e. The molecule has 0 amide bonds. The lowest BCUT2D eigenvalue weighted by Gasteiger charge is -2.23. The summed E-state index contributed by atoms with van der Waals surface area (Å²) in [6.45, 7) is 4.30. The molecule has 0 aliphatic carbocycles. The second-order valence-electron chi connectivity index (χ2n) is 4.23. The molecule has 0 saturated heterocycles. The van der Waals surface area contributed by atoms with Gasteiger partial charge >= 0.3 is 0 Å². The van der Waals surface area contributed by atoms with Crippen molar-refractivity contribution in [1.82, 2.24) is 4.90 Å². The van der Waals surface area contributed by atoms with Crippen LogP contribution in [-0.4, -0.2) is 24.1 Å². The van der Waals surface area contributed by atoms with Crippen molar-refractivity contribution in [3.63, 3.8) is 0 Å². The van der Waals surface area contributed by atoms with E-state index in [1.807, 2.05) is 6.07 Å². The van der Waals surface area contributed by atoms with Crippen LogP contribution in [0.1, 0.15) is 37.4 Å². The molecule has 1 unspecified atom stereocenters. The SMILES string of the molecule is CCCc1c(O)cccc1C(C)N(C)C. The Balaban J connectivity index is 3.10. The predicted octanol–water partition coefficient (Wildman–Crippen LogP) is 2.97. The van der Waals surface area contributed by atoms with Crippen molar-refractivity contribution in [2.75, 3.05) is 14.1 Å². The van der Waals surface area contributed by atoms with Gasteiger partial charge in [-0.2, -0.15) is 0 Å². The van der Waals surface area contributed by atoms with Crippen LogP contribution in [0.15, 0.2) is 18.2 Å². The first-order valence-corrected chi connectivity index (χ1v) is 5.55. The molecule has 0 saturated carbocycles. The van der Waals surface area contributed by atoms with E-state index in [4.69, 9.17) is 0 Å². The van der Waals surface area contributed by atoms with E-state index in [-0.39, 0.29) is 0 Å². The van der Waals surface area contributed by atoms with Gasteiger partial charge in [0.1, 0.15) is 5.75 Å². The number of phenols is 1. The van der Waals surface area contributed by atoms with Gasteiger partial charge in [0.05, 0.1) is 0 Å². The molecule has 1 aromatic carbocycles. The minimum absolute atomic E-state index is 0.346. The summed E-state index contributed by atoms with van der Waals surface area (Å²) in [7, 11) is 4.12. The Morgan fingerprint density at radius 2 is 2.00 bits per heavy atom. The van der Waals surface area contributed by atoms with E-state index in [1.54, 1.807) is 6.07 Å². The molecular weight excluding hydrogens is 186 g/mol. The fourth-order valence-corrected chi connectivity index (χ4v) is 1.78. The largest absolute Gasteiger partial charge is 0.508 e. The normalized spacial score (nSPS) is 13.1. The first kappa shape index (κ1) is 12.1. The molecule has 0 aliphatic rings. The van der Waals surface area contributed by atoms with Crippen LogP contribution >= 0.6 is 0 Å². The third-order valence-corrected chi connectivity index (χ3v) is 2.91. The maximum atomic E-state index is 9.83. The van der Waals surface area contributed by atoms with E-state index in [0.717, 1.165) is 18.4 Å². The Morgan fingerprint density at radius 1 is 1.33 bits per heavy atom. The highest BCUT2D eigenvalue weighted by Crippen LogP contribution is 2.29. The van der Waals surface area contributed by atoms with Crippen molar-refractivity contribution in [1.29, 1.82) is 0 Å². The van der Waals surface area contributed by atoms with E-state index < -0.39 is 0 Å². The van der Waals surface area contributed by atoms with Crippen molar-refractivity contribution >= 4 is 0 Å². The molecule has 2 heteroatoms. The van der Waals surface area contributed by atoms with Crippen molar-refractivity contribution in [2.24, 2.45) is 0 Å². The number of rotatable bonds is 4. The summed E-state index contributed by atoms with van der Waals surface area (Å²) in [4.78, 5) is 2.16. The minimum Gasteiger partial charge on any atom is -0.508 e. The smallest absolute Gasteiger partial charge is 0.119 e. The van der Waals surface area contributed by atoms with E-state index in [2.05, 4.69) is 38.9 Å². The zero-order chi connectivity index (χ0) is 11.4. The lowest BCUT2D eigenvalue weighted by Crippen LogP contribution is -2.18. The number of phenolic OH excluding ortho intramolecular Hbond substituents is 1. The van der Waals surface area contributed by atoms with Crippen molar-refractivity contribution in [3.8, 4) is 5.75 Å². The zero-order valence-corrected chi connectivity index (χ0v) is 10.1. The summed E-state index contributed by atoms with van der Waals surface area (Å²) >= 11 is 0. The monoisotopic (exact) mass is 207 g/mol. The summed E-state index contributed by atoms with van der Waals surface area (Å²) < 4.78 is 0. The topological polar surface area (TPSA) is 23.5 Å². The summed E-state index contributed by atoms with van der Waals surface area (Å²) in [5, 5.41) is 9.83. The van der Waals surface area contributed by atoms with Crippen LogP contribution in [0.25, 0.3) is 0 Å². The van der Waals surface area contributed by atoms with E-state index in [1.165, 1.54) is 5.56 Å². The van der Waals surface area contributed by atoms with Gasteiger partial charge in [-0.15, -0.1) is 0 Å². The average molecular weight is 207 g/mol. The molecule has 2 nitrogen and oxygen atoms in total. The van der Waals surface area contributed by atoms with Gasteiger partial charge in [0.2, 0.25) is 0 Å². The molecular formula is C13H21NO. The van der Waals surface area contributed by atoms with Crippen molar-refractivity contribution in [2.45, 2.75) is 32.7 Å². The molecule has 1 aromatic rings. The second-order valence-corrected chi connectivity index (χ2v) is 4.23. The fraction of sp³-hybridized carbons (Fsp3) is 0.538. The van der Waals surface area contributed by atoms with Crippen LogP contribution in [0.2, 0.25) is 0 Å². The molecule has 0 bridgehead atoms. The van der Waals surface area contributed by atoms with Crippen LogP contribution in [0, 0.1) is 0 Å². The number of hydrogen-bond donors (Lipinski definition) is 1. The second kappa shape index (κ2) is 5.17. The molecule has 0 heterocycles. The first-order valence-electron chi connectivity index (χ1n) is 5.55. The Labute approximate surface area is 92.5 Å². The summed E-state index contributed by atoms with van der Waals surface area (Å²) in [6.07, 6.45) is 2.00. The first-order chi connectivity index (χ1) is 7.07. The van der Waals surface area contributed by atoms with E-state index in [0.29, 0.717) is 11.8 Å². The molecule has 1 N–H and O–H groups in total. The van der Waals surface area contributed by atoms with Crippen LogP contribution in [0.3, 0.4) is 0 Å². The average Bonchev–Trinajstić information content (AvgIpc) is 2.20. The van der Waals surface area contributed by atoms with Gasteiger partial charge in [-0.05, 0) is 44.6 Å². The quantitative estimate of drug-likeness (QED) is 0.820. The summed E-state index contributed by atoms with van der Waals surface area (Å²) in [6, 6.07) is 6.15. The summed E-state index contributed by atoms with van der Waals surface area (Å²) in [5.41, 5.74) is 2.34. The lowest BCUT2D eigenvalue weighted by molar-refractivity contribution is 0.318.